The van der Waals surface area contributed by atoms with E-state index in [1.54, 1.807) is 6.26 Å². The molecule has 124 valence electrons. The molecule has 4 rings (SSSR count). The minimum absolute atomic E-state index is 0.956. The monoisotopic (exact) mass is 347 g/mol. The summed E-state index contributed by atoms with van der Waals surface area (Å²) in [6, 6.07) is 15.0. The molecule has 0 fully saturated rings. The van der Waals surface area contributed by atoms with Crippen LogP contribution in [-0.2, 0) is 13.0 Å². The zero-order valence-electron chi connectivity index (χ0n) is 12.6. The highest BCUT2D eigenvalue weighted by Crippen LogP contribution is 2.27. The molecule has 2 aromatic heterocycles. The van der Waals surface area contributed by atoms with Gasteiger partial charge in [-0.05, 0) is 17.7 Å². The zero-order chi connectivity index (χ0) is 17.2. The lowest BCUT2D eigenvalue weighted by atomic mass is 9.94. The summed E-state index contributed by atoms with van der Waals surface area (Å²) in [4.78, 5) is 0. The Hall–Kier alpha value is -2.22. The summed E-state index contributed by atoms with van der Waals surface area (Å²) in [5, 5.41) is 0. The largest absolute Gasteiger partial charge is 0.472 e. The Morgan fingerprint density at radius 2 is 1.62 bits per heavy atom. The van der Waals surface area contributed by atoms with E-state index in [1.165, 1.54) is 22.4 Å². The van der Waals surface area contributed by atoms with Crippen LogP contribution in [0.4, 0.5) is 0 Å². The predicted octanol–water partition coefficient (Wildman–Crippen LogP) is -1.57. The quantitative estimate of drug-likeness (QED) is 0.386. The number of rotatable bonds is 1. The number of furan rings is 1. The third-order valence-electron chi connectivity index (χ3n) is 3.84. The average molecular weight is 348 g/mol. The number of aromatic nitrogens is 1. The van der Waals surface area contributed by atoms with E-state index in [4.69, 9.17) is 23.1 Å². The normalized spacial score (nSPS) is 12.7. The number of pyridine rings is 1. The van der Waals surface area contributed by atoms with E-state index in [9.17, 15) is 0 Å². The van der Waals surface area contributed by atoms with Gasteiger partial charge in [-0.2, -0.15) is 4.57 Å². The molecule has 1 aliphatic heterocycles. The number of fused-ring (bicyclic) bond motifs is 2. The summed E-state index contributed by atoms with van der Waals surface area (Å²) in [6.07, 6.45) is 6.69. The van der Waals surface area contributed by atoms with Gasteiger partial charge >= 0.3 is 0 Å². The Kier molecular flexibility index (Phi) is 4.66. The van der Waals surface area contributed by atoms with Crippen molar-refractivity contribution in [2.24, 2.45) is 0 Å². The maximum absolute atomic E-state index is 8.49. The summed E-state index contributed by atoms with van der Waals surface area (Å²) in [6.45, 7) is 0.956. The molecule has 0 spiro atoms. The number of nitrogens with zero attached hydrogens (tertiary/aromatic N) is 1. The van der Waals surface area contributed by atoms with Gasteiger partial charge in [0, 0.05) is 17.2 Å². The van der Waals surface area contributed by atoms with E-state index in [2.05, 4.69) is 47.2 Å². The highest BCUT2D eigenvalue weighted by atomic mass is 35.7. The van der Waals surface area contributed by atoms with Crippen LogP contribution in [-0.4, -0.2) is 0 Å². The van der Waals surface area contributed by atoms with Crippen molar-refractivity contribution in [2.75, 3.05) is 0 Å². The topological polar surface area (TPSA) is 109 Å². The van der Waals surface area contributed by atoms with Gasteiger partial charge in [0.2, 0.25) is 0 Å². The molecule has 1 aromatic carbocycles. The summed E-state index contributed by atoms with van der Waals surface area (Å²) in [5.41, 5.74) is 6.64. The Morgan fingerprint density at radius 1 is 0.917 bits per heavy atom. The summed E-state index contributed by atoms with van der Waals surface area (Å²) < 4.78 is 41.5. The van der Waals surface area contributed by atoms with Crippen LogP contribution >= 0.6 is 0 Å². The van der Waals surface area contributed by atoms with Crippen molar-refractivity contribution < 1.29 is 37.9 Å². The van der Waals surface area contributed by atoms with Crippen molar-refractivity contribution in [1.29, 1.82) is 0 Å². The minimum Gasteiger partial charge on any atom is -0.472 e. The Labute approximate surface area is 140 Å². The first-order valence-corrected chi connectivity index (χ1v) is 8.38. The smallest absolute Gasteiger partial charge is 0.194 e. The average Bonchev–Trinajstić information content (AvgIpc) is 3.05. The Morgan fingerprint density at radius 3 is 2.29 bits per heavy atom. The van der Waals surface area contributed by atoms with Gasteiger partial charge < -0.3 is 4.42 Å². The van der Waals surface area contributed by atoms with Gasteiger partial charge in [0.25, 0.3) is 0 Å². The first-order valence-electron chi connectivity index (χ1n) is 7.14. The second-order valence-corrected chi connectivity index (χ2v) is 6.09. The van der Waals surface area contributed by atoms with Crippen molar-refractivity contribution in [3.8, 4) is 11.1 Å². The number of hydrogen-bond donors (Lipinski definition) is 0. The standard InChI is InChI=1S/C17H14NO.ClHO4/c1-2-5-14-11-18-8-3-6-16(15-7-9-19-12-15)17(18)10-13(14)4-1;2-1(3,4)5/h1-9,12H,10-11H2;(H,2,3,4,5)/q+1;/p-1. The molecule has 0 amide bonds. The molecule has 0 aliphatic carbocycles. The predicted molar refractivity (Wildman–Crippen MR) is 72.7 cm³/mol. The fourth-order valence-corrected chi connectivity index (χ4v) is 2.86. The van der Waals surface area contributed by atoms with Crippen LogP contribution in [0.2, 0.25) is 0 Å². The lowest BCUT2D eigenvalue weighted by Gasteiger charge is -2.17. The van der Waals surface area contributed by atoms with Crippen molar-refractivity contribution >= 4 is 0 Å². The lowest BCUT2D eigenvalue weighted by Crippen LogP contribution is -2.68. The molecule has 0 atom stereocenters. The number of benzene rings is 1. The van der Waals surface area contributed by atoms with Crippen LogP contribution in [0.25, 0.3) is 11.1 Å². The van der Waals surface area contributed by atoms with Gasteiger partial charge in [-0.25, -0.2) is 18.6 Å². The third-order valence-corrected chi connectivity index (χ3v) is 3.84. The second-order valence-electron chi connectivity index (χ2n) is 5.33. The van der Waals surface area contributed by atoms with Crippen LogP contribution < -0.4 is 23.2 Å². The summed E-state index contributed by atoms with van der Waals surface area (Å²) in [7, 11) is -4.94. The fourth-order valence-electron chi connectivity index (χ4n) is 2.86. The minimum atomic E-state index is -4.94. The Balaban J connectivity index is 0.000000300. The Bertz CT molecular complexity index is 821. The molecule has 6 nitrogen and oxygen atoms in total. The molecule has 0 unspecified atom stereocenters. The molecule has 0 saturated carbocycles. The SMILES string of the molecule is [O-][Cl+3]([O-])([O-])[O-].c1ccc2c(c1)Cc1c(-c3ccoc3)ccc[n+]1C2. The van der Waals surface area contributed by atoms with Gasteiger partial charge in [-0.15, -0.1) is 10.2 Å². The van der Waals surface area contributed by atoms with E-state index < -0.39 is 10.2 Å². The van der Waals surface area contributed by atoms with Gasteiger partial charge in [0.15, 0.2) is 18.4 Å². The zero-order valence-corrected chi connectivity index (χ0v) is 13.3. The molecule has 0 saturated heterocycles. The van der Waals surface area contributed by atoms with Crippen LogP contribution in [0, 0.1) is 10.2 Å². The van der Waals surface area contributed by atoms with E-state index in [0.717, 1.165) is 18.5 Å². The van der Waals surface area contributed by atoms with Crippen LogP contribution in [0.15, 0.2) is 65.6 Å². The molecular weight excluding hydrogens is 334 g/mol. The molecule has 7 heteroatoms. The first kappa shape index (κ1) is 16.6. The van der Waals surface area contributed by atoms with Crippen LogP contribution in [0.1, 0.15) is 16.8 Å². The molecule has 0 N–H and O–H groups in total. The summed E-state index contributed by atoms with van der Waals surface area (Å²) in [5.74, 6) is 0. The molecule has 0 radical (unpaired) electrons. The van der Waals surface area contributed by atoms with Crippen molar-refractivity contribution in [3.63, 3.8) is 0 Å². The number of halogens is 1. The number of hydrogen-bond acceptors (Lipinski definition) is 5. The van der Waals surface area contributed by atoms with Crippen LogP contribution in [0.3, 0.4) is 0 Å². The molecule has 3 heterocycles. The highest BCUT2D eigenvalue weighted by Gasteiger charge is 2.24. The lowest BCUT2D eigenvalue weighted by molar-refractivity contribution is -2.00. The van der Waals surface area contributed by atoms with Gasteiger partial charge in [-0.3, -0.25) is 0 Å². The van der Waals surface area contributed by atoms with Gasteiger partial charge in [0.1, 0.15) is 0 Å². The molecule has 1 aliphatic rings. The molecule has 0 bridgehead atoms. The third kappa shape index (κ3) is 4.00. The van der Waals surface area contributed by atoms with Crippen LogP contribution in [0.5, 0.6) is 0 Å². The van der Waals surface area contributed by atoms with Gasteiger partial charge in [0.05, 0.1) is 24.5 Å². The second kappa shape index (κ2) is 6.72. The summed E-state index contributed by atoms with van der Waals surface area (Å²) >= 11 is 0. The molecule has 3 aromatic rings. The maximum Gasteiger partial charge on any atom is 0.194 e. The van der Waals surface area contributed by atoms with E-state index in [1.807, 2.05) is 12.3 Å². The van der Waals surface area contributed by atoms with E-state index in [-0.39, 0.29) is 0 Å². The fraction of sp³-hybridized carbons (Fsp3) is 0.118. The van der Waals surface area contributed by atoms with E-state index in [0.29, 0.717) is 0 Å². The van der Waals surface area contributed by atoms with Crippen molar-refractivity contribution in [3.05, 3.63) is 78.0 Å². The maximum atomic E-state index is 8.49. The van der Waals surface area contributed by atoms with Crippen molar-refractivity contribution in [1.82, 2.24) is 0 Å². The first-order chi connectivity index (χ1) is 11.4. The van der Waals surface area contributed by atoms with Crippen molar-refractivity contribution in [2.45, 2.75) is 13.0 Å². The van der Waals surface area contributed by atoms with Gasteiger partial charge in [-0.1, -0.05) is 24.3 Å². The highest BCUT2D eigenvalue weighted by molar-refractivity contribution is 5.64. The molecule has 24 heavy (non-hydrogen) atoms. The molecular formula is C17H14ClNO5. The van der Waals surface area contributed by atoms with E-state index >= 15 is 0 Å².